The summed E-state index contributed by atoms with van der Waals surface area (Å²) in [5.74, 6) is 1.06. The lowest BCUT2D eigenvalue weighted by molar-refractivity contribution is 0.102. The van der Waals surface area contributed by atoms with Crippen LogP contribution >= 0.6 is 11.3 Å². The minimum Gasteiger partial charge on any atom is -0.352 e. The minimum atomic E-state index is -0.123. The monoisotopic (exact) mass is 578 g/mol. The molecular formula is C34H38N6OS. The fraction of sp³-hybridized carbons (Fsp3) is 0.353. The van der Waals surface area contributed by atoms with Crippen molar-refractivity contribution in [1.82, 2.24) is 19.7 Å². The molecule has 4 heterocycles. The average Bonchev–Trinajstić information content (AvgIpc) is 3.53. The van der Waals surface area contributed by atoms with E-state index in [2.05, 4.69) is 79.6 Å². The number of fused-ring (bicyclic) bond motifs is 2. The molecule has 3 aromatic heterocycles. The second-order valence-electron chi connectivity index (χ2n) is 12.7. The van der Waals surface area contributed by atoms with E-state index in [1.54, 1.807) is 0 Å². The maximum absolute atomic E-state index is 13.5. The van der Waals surface area contributed by atoms with Crippen LogP contribution in [0.15, 0.2) is 60.8 Å². The minimum absolute atomic E-state index is 0.123. The highest BCUT2D eigenvalue weighted by Crippen LogP contribution is 2.35. The summed E-state index contributed by atoms with van der Waals surface area (Å²) in [5, 5.41) is 8.39. The Morgan fingerprint density at radius 1 is 1.02 bits per heavy atom. The number of hydrogen-bond donors (Lipinski definition) is 1. The molecule has 216 valence electrons. The Kier molecular flexibility index (Phi) is 7.35. The fourth-order valence-electron chi connectivity index (χ4n) is 5.71. The summed E-state index contributed by atoms with van der Waals surface area (Å²) < 4.78 is 3.16. The second-order valence-corrected chi connectivity index (χ2v) is 13.7. The Morgan fingerprint density at radius 2 is 1.83 bits per heavy atom. The van der Waals surface area contributed by atoms with Gasteiger partial charge in [-0.2, -0.15) is 5.10 Å². The topological polar surface area (TPSA) is 75.9 Å². The van der Waals surface area contributed by atoms with Crippen LogP contribution in [0.5, 0.6) is 0 Å². The quantitative estimate of drug-likeness (QED) is 0.222. The van der Waals surface area contributed by atoms with E-state index in [-0.39, 0.29) is 17.2 Å². The highest BCUT2D eigenvalue weighted by atomic mass is 32.1. The standard InChI is InChI=1S/C34H38N6OS/c1-21(2)31-24(26-18-35-40(22(26)3)20-34(4,5)6)14-15-30(37-31)39-17-16-23-10-9-11-25(27(23)19-39)32(41)38-33-36-28-12-7-8-13-29(28)42-33/h7-15,18,21H,16-17,19-20H2,1-6H3,(H,36,38,41). The number of para-hydroxylation sites is 1. The molecule has 1 aliphatic heterocycles. The maximum Gasteiger partial charge on any atom is 0.257 e. The van der Waals surface area contributed by atoms with Gasteiger partial charge in [0.15, 0.2) is 5.13 Å². The number of pyridine rings is 1. The van der Waals surface area contributed by atoms with Crippen molar-refractivity contribution in [3.63, 3.8) is 0 Å². The van der Waals surface area contributed by atoms with Crippen LogP contribution in [0.1, 0.15) is 73.4 Å². The average molecular weight is 579 g/mol. The predicted octanol–water partition coefficient (Wildman–Crippen LogP) is 7.85. The van der Waals surface area contributed by atoms with Crippen molar-refractivity contribution in [3.05, 3.63) is 88.9 Å². The van der Waals surface area contributed by atoms with Crippen molar-refractivity contribution in [2.45, 2.75) is 67.0 Å². The summed E-state index contributed by atoms with van der Waals surface area (Å²) in [5.41, 5.74) is 8.51. The number of anilines is 2. The third-order valence-corrected chi connectivity index (χ3v) is 8.78. The summed E-state index contributed by atoms with van der Waals surface area (Å²) in [6.07, 6.45) is 2.84. The van der Waals surface area contributed by atoms with Gasteiger partial charge in [-0.25, -0.2) is 9.97 Å². The van der Waals surface area contributed by atoms with Gasteiger partial charge in [-0.15, -0.1) is 0 Å². The fourth-order valence-corrected chi connectivity index (χ4v) is 6.57. The molecule has 0 saturated carbocycles. The molecule has 5 aromatic rings. The van der Waals surface area contributed by atoms with Crippen LogP contribution < -0.4 is 10.2 Å². The number of nitrogens with one attached hydrogen (secondary N) is 1. The van der Waals surface area contributed by atoms with Gasteiger partial charge in [0.2, 0.25) is 0 Å². The summed E-state index contributed by atoms with van der Waals surface area (Å²) in [4.78, 5) is 25.6. The van der Waals surface area contributed by atoms with Crippen LogP contribution in [-0.4, -0.2) is 32.2 Å². The largest absolute Gasteiger partial charge is 0.352 e. The van der Waals surface area contributed by atoms with Crippen molar-refractivity contribution in [1.29, 1.82) is 0 Å². The smallest absolute Gasteiger partial charge is 0.257 e. The first-order chi connectivity index (χ1) is 20.1. The number of carbonyl (C=O) groups is 1. The third-order valence-electron chi connectivity index (χ3n) is 7.83. The van der Waals surface area contributed by atoms with E-state index in [4.69, 9.17) is 10.1 Å². The Balaban J connectivity index is 1.27. The van der Waals surface area contributed by atoms with E-state index in [9.17, 15) is 4.79 Å². The van der Waals surface area contributed by atoms with Crippen molar-refractivity contribution in [3.8, 4) is 11.1 Å². The Hall–Kier alpha value is -4.04. The molecule has 42 heavy (non-hydrogen) atoms. The number of aromatic nitrogens is 4. The van der Waals surface area contributed by atoms with Crippen LogP contribution in [-0.2, 0) is 19.5 Å². The normalized spacial score (nSPS) is 13.5. The van der Waals surface area contributed by atoms with Gasteiger partial charge in [-0.3, -0.25) is 14.8 Å². The Morgan fingerprint density at radius 3 is 2.60 bits per heavy atom. The summed E-state index contributed by atoms with van der Waals surface area (Å²) in [7, 11) is 0. The van der Waals surface area contributed by atoms with Crippen molar-refractivity contribution >= 4 is 38.4 Å². The van der Waals surface area contributed by atoms with Gasteiger partial charge in [0.25, 0.3) is 5.91 Å². The number of benzene rings is 2. The molecule has 0 fully saturated rings. The molecule has 0 atom stereocenters. The number of amides is 1. The van der Waals surface area contributed by atoms with Crippen molar-refractivity contribution in [2.75, 3.05) is 16.8 Å². The highest BCUT2D eigenvalue weighted by molar-refractivity contribution is 7.22. The molecule has 1 aliphatic rings. The SMILES string of the molecule is Cc1c(-c2ccc(N3CCc4cccc(C(=O)Nc5nc6ccccc6s5)c4C3)nc2C(C)C)cnn1CC(C)(C)C. The molecule has 0 saturated heterocycles. The molecule has 7 nitrogen and oxygen atoms in total. The highest BCUT2D eigenvalue weighted by Gasteiger charge is 2.25. The summed E-state index contributed by atoms with van der Waals surface area (Å²) in [6.45, 7) is 15.6. The molecular weight excluding hydrogens is 540 g/mol. The van der Waals surface area contributed by atoms with E-state index < -0.39 is 0 Å². The molecule has 0 aliphatic carbocycles. The molecule has 0 unspecified atom stereocenters. The van der Waals surface area contributed by atoms with E-state index in [0.717, 1.165) is 63.6 Å². The molecule has 2 aromatic carbocycles. The molecule has 1 N–H and O–H groups in total. The van der Waals surface area contributed by atoms with Gasteiger partial charge in [0.05, 0.1) is 22.1 Å². The molecule has 0 radical (unpaired) electrons. The zero-order valence-electron chi connectivity index (χ0n) is 25.2. The van der Waals surface area contributed by atoms with Crippen molar-refractivity contribution in [2.24, 2.45) is 5.41 Å². The Bertz CT molecular complexity index is 1740. The lowest BCUT2D eigenvalue weighted by Crippen LogP contribution is -2.33. The predicted molar refractivity (Wildman–Crippen MR) is 173 cm³/mol. The number of rotatable bonds is 6. The molecule has 0 bridgehead atoms. The molecule has 0 spiro atoms. The first-order valence-corrected chi connectivity index (χ1v) is 15.5. The lowest BCUT2D eigenvalue weighted by atomic mass is 9.94. The third kappa shape index (κ3) is 5.55. The van der Waals surface area contributed by atoms with Crippen molar-refractivity contribution < 1.29 is 4.79 Å². The molecule has 6 rings (SSSR count). The molecule has 8 heteroatoms. The van der Waals surface area contributed by atoms with Gasteiger partial charge < -0.3 is 4.90 Å². The number of carbonyl (C=O) groups excluding carboxylic acids is 1. The van der Waals surface area contributed by atoms with Crippen LogP contribution in [0.3, 0.4) is 0 Å². The van der Waals surface area contributed by atoms with Gasteiger partial charge >= 0.3 is 0 Å². The first-order valence-electron chi connectivity index (χ1n) is 14.6. The van der Waals surface area contributed by atoms with Crippen LogP contribution in [0, 0.1) is 12.3 Å². The zero-order valence-corrected chi connectivity index (χ0v) is 26.0. The zero-order chi connectivity index (χ0) is 29.6. The van der Waals surface area contributed by atoms with Gasteiger partial charge in [-0.05, 0) is 66.1 Å². The summed E-state index contributed by atoms with van der Waals surface area (Å²) in [6, 6.07) is 18.3. The molecule has 1 amide bonds. The Labute approximate surface area is 251 Å². The van der Waals surface area contributed by atoms with Gasteiger partial charge in [0, 0.05) is 42.0 Å². The number of thiazole rings is 1. The van der Waals surface area contributed by atoms with Crippen LogP contribution in [0.4, 0.5) is 10.9 Å². The number of nitrogens with zero attached hydrogens (tertiary/aromatic N) is 5. The second kappa shape index (κ2) is 11.0. The van der Waals surface area contributed by atoms with Gasteiger partial charge in [0.1, 0.15) is 5.82 Å². The van der Waals surface area contributed by atoms with E-state index in [0.29, 0.717) is 17.2 Å². The number of hydrogen-bond acceptors (Lipinski definition) is 6. The maximum atomic E-state index is 13.5. The van der Waals surface area contributed by atoms with E-state index in [1.807, 2.05) is 42.6 Å². The van der Waals surface area contributed by atoms with Crippen LogP contribution in [0.25, 0.3) is 21.3 Å². The van der Waals surface area contributed by atoms with Gasteiger partial charge in [-0.1, -0.05) is 70.2 Å². The van der Waals surface area contributed by atoms with Crippen LogP contribution in [0.2, 0.25) is 0 Å². The van der Waals surface area contributed by atoms with E-state index >= 15 is 0 Å². The van der Waals surface area contributed by atoms with E-state index in [1.165, 1.54) is 16.9 Å². The lowest BCUT2D eigenvalue weighted by Gasteiger charge is -2.31. The first kappa shape index (κ1) is 28.1. The summed E-state index contributed by atoms with van der Waals surface area (Å²) >= 11 is 1.49.